The van der Waals surface area contributed by atoms with Crippen molar-refractivity contribution in [1.82, 2.24) is 14.9 Å². The van der Waals surface area contributed by atoms with Crippen LogP contribution in [-0.4, -0.2) is 44.9 Å². The molecule has 1 aromatic heterocycles. The summed E-state index contributed by atoms with van der Waals surface area (Å²) >= 11 is 0. The highest BCUT2D eigenvalue weighted by atomic mass is 16.4. The van der Waals surface area contributed by atoms with Gasteiger partial charge in [0.15, 0.2) is 0 Å². The zero-order valence-corrected chi connectivity index (χ0v) is 9.34. The minimum absolute atomic E-state index is 0.197. The summed E-state index contributed by atoms with van der Waals surface area (Å²) in [7, 11) is 1.43. The summed E-state index contributed by atoms with van der Waals surface area (Å²) in [4.78, 5) is 31.5. The van der Waals surface area contributed by atoms with Crippen LogP contribution in [0.3, 0.4) is 0 Å². The number of amides is 1. The molecule has 1 aromatic rings. The van der Waals surface area contributed by atoms with E-state index < -0.39 is 17.9 Å². The third-order valence-electron chi connectivity index (χ3n) is 2.25. The summed E-state index contributed by atoms with van der Waals surface area (Å²) in [5.41, 5.74) is 0.197. The highest BCUT2D eigenvalue weighted by molar-refractivity contribution is 5.94. The van der Waals surface area contributed by atoms with E-state index in [1.54, 1.807) is 6.92 Å². The van der Waals surface area contributed by atoms with Crippen molar-refractivity contribution < 1.29 is 14.7 Å². The first kappa shape index (κ1) is 12.1. The van der Waals surface area contributed by atoms with E-state index in [1.807, 2.05) is 0 Å². The molecular formula is C10H13N3O3. The van der Waals surface area contributed by atoms with E-state index in [0.29, 0.717) is 5.82 Å². The summed E-state index contributed by atoms with van der Waals surface area (Å²) in [5.74, 6) is -1.01. The van der Waals surface area contributed by atoms with Crippen LogP contribution < -0.4 is 0 Å². The highest BCUT2D eigenvalue weighted by Gasteiger charge is 2.23. The molecule has 1 rings (SSSR count). The Labute approximate surface area is 92.9 Å². The number of carbonyl (C=O) groups is 2. The number of aryl methyl sites for hydroxylation is 1. The van der Waals surface area contributed by atoms with Crippen molar-refractivity contribution in [2.75, 3.05) is 7.05 Å². The molecule has 0 fully saturated rings. The van der Waals surface area contributed by atoms with Crippen LogP contribution in [0, 0.1) is 6.92 Å². The van der Waals surface area contributed by atoms with Crippen LogP contribution in [0.25, 0.3) is 0 Å². The van der Waals surface area contributed by atoms with Gasteiger partial charge in [-0.15, -0.1) is 0 Å². The van der Waals surface area contributed by atoms with Gasteiger partial charge in [-0.1, -0.05) is 0 Å². The fourth-order valence-electron chi connectivity index (χ4n) is 1.10. The van der Waals surface area contributed by atoms with Gasteiger partial charge >= 0.3 is 5.97 Å². The zero-order chi connectivity index (χ0) is 12.3. The van der Waals surface area contributed by atoms with Gasteiger partial charge in [0.2, 0.25) is 0 Å². The topological polar surface area (TPSA) is 83.4 Å². The van der Waals surface area contributed by atoms with Gasteiger partial charge in [-0.3, -0.25) is 4.79 Å². The van der Waals surface area contributed by atoms with Crippen molar-refractivity contribution in [3.63, 3.8) is 0 Å². The molecule has 0 aliphatic heterocycles. The van der Waals surface area contributed by atoms with Crippen LogP contribution in [0.5, 0.6) is 0 Å². The Kier molecular flexibility index (Phi) is 3.55. The molecule has 0 spiro atoms. The normalized spacial score (nSPS) is 11.9. The van der Waals surface area contributed by atoms with Crippen molar-refractivity contribution in [3.05, 3.63) is 23.8 Å². The van der Waals surface area contributed by atoms with Crippen molar-refractivity contribution >= 4 is 11.9 Å². The molecule has 1 amide bonds. The molecule has 86 valence electrons. The molecule has 0 radical (unpaired) electrons. The number of carboxylic acids is 1. The quantitative estimate of drug-likeness (QED) is 0.798. The van der Waals surface area contributed by atoms with Gasteiger partial charge in [0, 0.05) is 13.2 Å². The molecule has 0 saturated carbocycles. The number of hydrogen-bond donors (Lipinski definition) is 1. The SMILES string of the molecule is Cc1nccc(C(=O)N(C)C(C)C(=O)O)n1. The Morgan fingerprint density at radius 3 is 2.62 bits per heavy atom. The molecule has 0 aromatic carbocycles. The third kappa shape index (κ3) is 2.53. The zero-order valence-electron chi connectivity index (χ0n) is 9.34. The Morgan fingerprint density at radius 1 is 1.50 bits per heavy atom. The number of carboxylic acid groups (broad SMARTS) is 1. The van der Waals surface area contributed by atoms with Crippen molar-refractivity contribution in [1.29, 1.82) is 0 Å². The van der Waals surface area contributed by atoms with Crippen LogP contribution in [0.15, 0.2) is 12.3 Å². The number of carbonyl (C=O) groups excluding carboxylic acids is 1. The van der Waals surface area contributed by atoms with E-state index in [-0.39, 0.29) is 5.69 Å². The first-order chi connectivity index (χ1) is 7.43. The standard InChI is InChI=1S/C10H13N3O3/c1-6(10(15)16)13(3)9(14)8-4-5-11-7(2)12-8/h4-6H,1-3H3,(H,15,16). The first-order valence-electron chi connectivity index (χ1n) is 4.73. The second kappa shape index (κ2) is 4.69. The van der Waals surface area contributed by atoms with E-state index >= 15 is 0 Å². The molecule has 0 saturated heterocycles. The average molecular weight is 223 g/mol. The number of rotatable bonds is 3. The molecule has 0 aliphatic rings. The molecule has 6 heteroatoms. The number of hydrogen-bond acceptors (Lipinski definition) is 4. The number of aromatic nitrogens is 2. The molecule has 0 aliphatic carbocycles. The monoisotopic (exact) mass is 223 g/mol. The average Bonchev–Trinajstić information content (AvgIpc) is 2.26. The van der Waals surface area contributed by atoms with Crippen molar-refractivity contribution in [3.8, 4) is 0 Å². The molecule has 1 heterocycles. The summed E-state index contributed by atoms with van der Waals surface area (Å²) in [5, 5.41) is 8.78. The minimum atomic E-state index is -1.05. The molecule has 6 nitrogen and oxygen atoms in total. The van der Waals surface area contributed by atoms with E-state index in [1.165, 1.54) is 26.2 Å². The fraction of sp³-hybridized carbons (Fsp3) is 0.400. The Bertz CT molecular complexity index is 420. The number of aliphatic carboxylic acids is 1. The van der Waals surface area contributed by atoms with Crippen molar-refractivity contribution in [2.45, 2.75) is 19.9 Å². The van der Waals surface area contributed by atoms with Crippen molar-refractivity contribution in [2.24, 2.45) is 0 Å². The maximum Gasteiger partial charge on any atom is 0.326 e. The van der Waals surface area contributed by atoms with E-state index in [2.05, 4.69) is 9.97 Å². The third-order valence-corrected chi connectivity index (χ3v) is 2.25. The van der Waals surface area contributed by atoms with Crippen LogP contribution in [-0.2, 0) is 4.79 Å². The Balaban J connectivity index is 2.90. The van der Waals surface area contributed by atoms with Gasteiger partial charge in [-0.2, -0.15) is 0 Å². The summed E-state index contributed by atoms with van der Waals surface area (Å²) < 4.78 is 0. The number of likely N-dealkylation sites (N-methyl/N-ethyl adjacent to an activating group) is 1. The second-order valence-electron chi connectivity index (χ2n) is 3.42. The minimum Gasteiger partial charge on any atom is -0.480 e. The summed E-state index contributed by atoms with van der Waals surface area (Å²) in [6.45, 7) is 3.10. The predicted molar refractivity (Wildman–Crippen MR) is 56.0 cm³/mol. The lowest BCUT2D eigenvalue weighted by Gasteiger charge is -2.20. The fourth-order valence-corrected chi connectivity index (χ4v) is 1.10. The van der Waals surface area contributed by atoms with Crippen LogP contribution in [0.2, 0.25) is 0 Å². The molecule has 1 atom stereocenters. The van der Waals surface area contributed by atoms with Crippen LogP contribution in [0.1, 0.15) is 23.2 Å². The van der Waals surface area contributed by atoms with Gasteiger partial charge in [-0.05, 0) is 19.9 Å². The maximum atomic E-state index is 11.8. The first-order valence-corrected chi connectivity index (χ1v) is 4.73. The lowest BCUT2D eigenvalue weighted by Crippen LogP contribution is -2.40. The summed E-state index contributed by atoms with van der Waals surface area (Å²) in [6, 6.07) is 0.572. The van der Waals surface area contributed by atoms with Gasteiger partial charge in [0.1, 0.15) is 17.6 Å². The molecular weight excluding hydrogens is 210 g/mol. The van der Waals surface area contributed by atoms with Gasteiger partial charge < -0.3 is 10.0 Å². The lowest BCUT2D eigenvalue weighted by atomic mass is 10.2. The largest absolute Gasteiger partial charge is 0.480 e. The smallest absolute Gasteiger partial charge is 0.326 e. The van der Waals surface area contributed by atoms with E-state index in [4.69, 9.17) is 5.11 Å². The highest BCUT2D eigenvalue weighted by Crippen LogP contribution is 2.04. The lowest BCUT2D eigenvalue weighted by molar-refractivity contribution is -0.141. The maximum absolute atomic E-state index is 11.8. The Morgan fingerprint density at radius 2 is 2.12 bits per heavy atom. The van der Waals surface area contributed by atoms with Crippen LogP contribution >= 0.6 is 0 Å². The number of nitrogens with zero attached hydrogens (tertiary/aromatic N) is 3. The summed E-state index contributed by atoms with van der Waals surface area (Å²) in [6.07, 6.45) is 1.47. The van der Waals surface area contributed by atoms with E-state index in [9.17, 15) is 9.59 Å². The Hall–Kier alpha value is -1.98. The van der Waals surface area contributed by atoms with Crippen LogP contribution in [0.4, 0.5) is 0 Å². The molecule has 1 N–H and O–H groups in total. The molecule has 16 heavy (non-hydrogen) atoms. The predicted octanol–water partition coefficient (Wildman–Crippen LogP) is 0.330. The molecule has 1 unspecified atom stereocenters. The van der Waals surface area contributed by atoms with Gasteiger partial charge in [0.05, 0.1) is 0 Å². The second-order valence-corrected chi connectivity index (χ2v) is 3.42. The molecule has 0 bridgehead atoms. The van der Waals surface area contributed by atoms with E-state index in [0.717, 1.165) is 4.90 Å². The van der Waals surface area contributed by atoms with Gasteiger partial charge in [0.25, 0.3) is 5.91 Å². The van der Waals surface area contributed by atoms with Gasteiger partial charge in [-0.25, -0.2) is 14.8 Å².